The van der Waals surface area contributed by atoms with Crippen molar-refractivity contribution >= 4 is 23.5 Å². The Morgan fingerprint density at radius 1 is 1.13 bits per heavy atom. The molecule has 2 aromatic rings. The maximum atomic E-state index is 12.3. The molecule has 3 rings (SSSR count). The van der Waals surface area contributed by atoms with E-state index in [4.69, 9.17) is 21.1 Å². The van der Waals surface area contributed by atoms with Crippen molar-refractivity contribution in [2.75, 3.05) is 20.8 Å². The van der Waals surface area contributed by atoms with Crippen molar-refractivity contribution in [1.29, 1.82) is 0 Å². The van der Waals surface area contributed by atoms with Gasteiger partial charge >= 0.3 is 17.7 Å². The molecule has 1 aliphatic rings. The standard InChI is InChI=1S/C22H24ClNO7/c1-13(24-12-17(25)14-6-4-8-16(23)11-14)10-15-7-5-9-18-19(15)31-22(30-18,20(26)28-2)21(27)29-3/h4-9,11,13,17,24-25H,10,12H2,1-3H3. The summed E-state index contributed by atoms with van der Waals surface area (Å²) < 4.78 is 20.6. The summed E-state index contributed by atoms with van der Waals surface area (Å²) in [5, 5.41) is 14.2. The first-order valence-electron chi connectivity index (χ1n) is 9.64. The summed E-state index contributed by atoms with van der Waals surface area (Å²) in [5.41, 5.74) is 1.43. The predicted molar refractivity (Wildman–Crippen MR) is 112 cm³/mol. The molecule has 8 nitrogen and oxygen atoms in total. The Bertz CT molecular complexity index is 949. The van der Waals surface area contributed by atoms with Crippen LogP contribution in [0.15, 0.2) is 42.5 Å². The molecule has 0 bridgehead atoms. The predicted octanol–water partition coefficient (Wildman–Crippen LogP) is 2.41. The second-order valence-electron chi connectivity index (χ2n) is 7.13. The topological polar surface area (TPSA) is 103 Å². The minimum absolute atomic E-state index is 0.0739. The van der Waals surface area contributed by atoms with Crippen LogP contribution in [-0.4, -0.2) is 49.6 Å². The zero-order chi connectivity index (χ0) is 22.6. The first kappa shape index (κ1) is 22.9. The van der Waals surface area contributed by atoms with Crippen molar-refractivity contribution in [3.63, 3.8) is 0 Å². The summed E-state index contributed by atoms with van der Waals surface area (Å²) in [6, 6.07) is 12.1. The van der Waals surface area contributed by atoms with Gasteiger partial charge in [0.2, 0.25) is 0 Å². The number of halogens is 1. The fourth-order valence-electron chi connectivity index (χ4n) is 3.30. The highest BCUT2D eigenvalue weighted by Crippen LogP contribution is 2.43. The van der Waals surface area contributed by atoms with Gasteiger partial charge in [-0.15, -0.1) is 0 Å². The first-order valence-corrected chi connectivity index (χ1v) is 10.0. The number of aliphatic hydroxyl groups excluding tert-OH is 1. The molecular weight excluding hydrogens is 426 g/mol. The van der Waals surface area contributed by atoms with Crippen LogP contribution < -0.4 is 14.8 Å². The van der Waals surface area contributed by atoms with E-state index in [1.54, 1.807) is 42.5 Å². The Balaban J connectivity index is 1.70. The van der Waals surface area contributed by atoms with Crippen LogP contribution in [-0.2, 0) is 25.5 Å². The van der Waals surface area contributed by atoms with Crippen molar-refractivity contribution in [3.05, 3.63) is 58.6 Å². The summed E-state index contributed by atoms with van der Waals surface area (Å²) >= 11 is 5.98. The molecule has 0 fully saturated rings. The lowest BCUT2D eigenvalue weighted by atomic mass is 10.0. The third-order valence-electron chi connectivity index (χ3n) is 4.89. The van der Waals surface area contributed by atoms with Crippen LogP contribution in [0.3, 0.4) is 0 Å². The van der Waals surface area contributed by atoms with Crippen molar-refractivity contribution < 1.29 is 33.6 Å². The van der Waals surface area contributed by atoms with Crippen molar-refractivity contribution in [1.82, 2.24) is 5.32 Å². The van der Waals surface area contributed by atoms with E-state index < -0.39 is 23.8 Å². The Hall–Kier alpha value is -2.81. The second kappa shape index (κ2) is 9.55. The third-order valence-corrected chi connectivity index (χ3v) is 5.12. The molecule has 2 unspecified atom stereocenters. The van der Waals surface area contributed by atoms with Gasteiger partial charge in [0, 0.05) is 17.6 Å². The van der Waals surface area contributed by atoms with Crippen LogP contribution in [0, 0.1) is 0 Å². The summed E-state index contributed by atoms with van der Waals surface area (Å²) in [6.45, 7) is 2.25. The van der Waals surface area contributed by atoms with E-state index in [1.165, 1.54) is 0 Å². The molecule has 2 aromatic carbocycles. The normalized spacial score (nSPS) is 15.8. The molecule has 166 valence electrons. The van der Waals surface area contributed by atoms with Gasteiger partial charge in [-0.1, -0.05) is 35.9 Å². The van der Waals surface area contributed by atoms with E-state index in [0.717, 1.165) is 14.2 Å². The van der Waals surface area contributed by atoms with Gasteiger partial charge in [-0.3, -0.25) is 0 Å². The number of hydrogen-bond donors (Lipinski definition) is 2. The molecule has 0 spiro atoms. The van der Waals surface area contributed by atoms with E-state index >= 15 is 0 Å². The largest absolute Gasteiger partial charge is 0.463 e. The van der Waals surface area contributed by atoms with Crippen molar-refractivity contribution in [2.24, 2.45) is 0 Å². The average Bonchev–Trinajstić information content (AvgIpc) is 3.18. The minimum Gasteiger partial charge on any atom is -0.463 e. The molecule has 31 heavy (non-hydrogen) atoms. The second-order valence-corrected chi connectivity index (χ2v) is 7.57. The average molecular weight is 450 g/mol. The number of para-hydroxylation sites is 1. The van der Waals surface area contributed by atoms with E-state index in [-0.39, 0.29) is 17.5 Å². The van der Waals surface area contributed by atoms with Crippen LogP contribution in [0.25, 0.3) is 0 Å². The Morgan fingerprint density at radius 2 is 1.81 bits per heavy atom. The summed E-state index contributed by atoms with van der Waals surface area (Å²) in [7, 11) is 2.25. The Morgan fingerprint density at radius 3 is 2.45 bits per heavy atom. The van der Waals surface area contributed by atoms with Crippen LogP contribution in [0.2, 0.25) is 5.02 Å². The van der Waals surface area contributed by atoms with Gasteiger partial charge in [0.15, 0.2) is 11.5 Å². The maximum Gasteiger partial charge on any atom is 0.453 e. The molecule has 0 aromatic heterocycles. The van der Waals surface area contributed by atoms with E-state index in [9.17, 15) is 14.7 Å². The lowest BCUT2D eigenvalue weighted by Crippen LogP contribution is -2.55. The highest BCUT2D eigenvalue weighted by molar-refractivity contribution is 6.30. The molecular formula is C22H24ClNO7. The zero-order valence-corrected chi connectivity index (χ0v) is 18.1. The van der Waals surface area contributed by atoms with Crippen molar-refractivity contribution in [3.8, 4) is 11.5 Å². The maximum absolute atomic E-state index is 12.3. The minimum atomic E-state index is -2.33. The fraction of sp³-hybridized carbons (Fsp3) is 0.364. The molecule has 2 N–H and O–H groups in total. The van der Waals surface area contributed by atoms with Crippen LogP contribution in [0.5, 0.6) is 11.5 Å². The molecule has 0 saturated heterocycles. The molecule has 0 radical (unpaired) electrons. The van der Waals surface area contributed by atoms with Gasteiger partial charge in [0.1, 0.15) is 0 Å². The number of carbonyl (C=O) groups excluding carboxylic acids is 2. The number of carbonyl (C=O) groups is 2. The highest BCUT2D eigenvalue weighted by atomic mass is 35.5. The number of methoxy groups -OCH3 is 2. The van der Waals surface area contributed by atoms with E-state index in [0.29, 0.717) is 29.1 Å². The number of esters is 2. The molecule has 0 aliphatic carbocycles. The number of fused-ring (bicyclic) bond motifs is 1. The molecule has 2 atom stereocenters. The number of rotatable bonds is 8. The fourth-order valence-corrected chi connectivity index (χ4v) is 3.50. The van der Waals surface area contributed by atoms with Crippen LogP contribution in [0.1, 0.15) is 24.2 Å². The number of nitrogens with one attached hydrogen (secondary N) is 1. The quantitative estimate of drug-likeness (QED) is 0.468. The van der Waals surface area contributed by atoms with Gasteiger partial charge in [-0.2, -0.15) is 0 Å². The SMILES string of the molecule is COC(=O)C1(C(=O)OC)Oc2cccc(CC(C)NCC(O)c3cccc(Cl)c3)c2O1. The van der Waals surface area contributed by atoms with Gasteiger partial charge in [0.05, 0.1) is 20.3 Å². The number of ether oxygens (including phenoxy) is 4. The molecule has 1 heterocycles. The van der Waals surface area contributed by atoms with E-state index in [2.05, 4.69) is 14.8 Å². The smallest absolute Gasteiger partial charge is 0.453 e. The lowest BCUT2D eigenvalue weighted by Gasteiger charge is -2.21. The van der Waals surface area contributed by atoms with Crippen LogP contribution in [0.4, 0.5) is 0 Å². The lowest BCUT2D eigenvalue weighted by molar-refractivity contribution is -0.199. The first-order chi connectivity index (χ1) is 14.8. The van der Waals surface area contributed by atoms with Gasteiger partial charge in [-0.25, -0.2) is 9.59 Å². The van der Waals surface area contributed by atoms with E-state index in [1.807, 2.05) is 6.92 Å². The number of aliphatic hydroxyl groups is 1. The summed E-state index contributed by atoms with van der Waals surface area (Å²) in [4.78, 5) is 24.5. The molecule has 9 heteroatoms. The van der Waals surface area contributed by atoms with Crippen molar-refractivity contribution in [2.45, 2.75) is 31.3 Å². The summed E-state index contributed by atoms with van der Waals surface area (Å²) in [5.74, 6) is -3.86. The van der Waals surface area contributed by atoms with Gasteiger partial charge < -0.3 is 29.4 Å². The molecule has 1 aliphatic heterocycles. The summed E-state index contributed by atoms with van der Waals surface area (Å²) in [6.07, 6.45) is -0.249. The third kappa shape index (κ3) is 4.76. The van der Waals surface area contributed by atoms with Gasteiger partial charge in [0.25, 0.3) is 0 Å². The Labute approximate surface area is 185 Å². The number of benzene rings is 2. The molecule has 0 amide bonds. The van der Waals surface area contributed by atoms with Crippen LogP contribution >= 0.6 is 11.6 Å². The Kier molecular flexibility index (Phi) is 7.04. The molecule has 0 saturated carbocycles. The van der Waals surface area contributed by atoms with Gasteiger partial charge in [-0.05, 0) is 42.7 Å². The highest BCUT2D eigenvalue weighted by Gasteiger charge is 2.59. The zero-order valence-electron chi connectivity index (χ0n) is 17.4. The number of hydrogen-bond acceptors (Lipinski definition) is 8. The monoisotopic (exact) mass is 449 g/mol.